The van der Waals surface area contributed by atoms with Crippen LogP contribution in [0.3, 0.4) is 0 Å². The molecule has 0 aliphatic heterocycles. The normalized spacial score (nSPS) is 16.7. The fourth-order valence-electron chi connectivity index (χ4n) is 3.96. The highest BCUT2D eigenvalue weighted by molar-refractivity contribution is 5.86. The number of hydrogen-bond donors (Lipinski definition) is 2. The van der Waals surface area contributed by atoms with E-state index in [0.29, 0.717) is 34.9 Å². The molecule has 7 heteroatoms. The first-order valence-electron chi connectivity index (χ1n) is 10.2. The van der Waals surface area contributed by atoms with Crippen molar-refractivity contribution in [3.05, 3.63) is 42.0 Å². The number of fused-ring (bicyclic) bond motifs is 1. The molecule has 6 nitrogen and oxygen atoms in total. The van der Waals surface area contributed by atoms with Crippen molar-refractivity contribution in [2.24, 2.45) is 0 Å². The van der Waals surface area contributed by atoms with Crippen molar-refractivity contribution in [3.63, 3.8) is 0 Å². The predicted octanol–water partition coefficient (Wildman–Crippen LogP) is 4.33. The van der Waals surface area contributed by atoms with Gasteiger partial charge in [0.05, 0.1) is 5.60 Å². The molecule has 3 N–H and O–H groups in total. The molecular formula is C22H26FN5O. The first-order valence-corrected chi connectivity index (χ1v) is 10.2. The third kappa shape index (κ3) is 4.00. The molecule has 2 heterocycles. The van der Waals surface area contributed by atoms with Gasteiger partial charge in [0.15, 0.2) is 22.8 Å². The van der Waals surface area contributed by atoms with E-state index in [0.717, 1.165) is 38.5 Å². The zero-order valence-electron chi connectivity index (χ0n) is 16.6. The van der Waals surface area contributed by atoms with Crippen molar-refractivity contribution >= 4 is 23.1 Å². The number of nitrogen functional groups attached to an aromatic ring is 1. The number of benzene rings is 1. The summed E-state index contributed by atoms with van der Waals surface area (Å²) >= 11 is 0. The monoisotopic (exact) mass is 395 g/mol. The molecule has 1 aromatic carbocycles. The summed E-state index contributed by atoms with van der Waals surface area (Å²) in [5, 5.41) is 10.7. The van der Waals surface area contributed by atoms with E-state index in [4.69, 9.17) is 5.73 Å². The summed E-state index contributed by atoms with van der Waals surface area (Å²) in [4.78, 5) is 13.6. The standard InChI is InChI=1S/C22H26FN5O/c1-2-13-28-20(15-7-6-8-16(23)14-15)27-18-19(24)25-17(26-21(18)28)9-12-22(29)10-4-3-5-11-22/h6-9,12,14,29H,2-5,10-11,13H2,1H3,(H2,24,25,26). The van der Waals surface area contributed by atoms with Crippen LogP contribution in [-0.2, 0) is 6.54 Å². The van der Waals surface area contributed by atoms with Gasteiger partial charge in [-0.2, -0.15) is 0 Å². The van der Waals surface area contributed by atoms with Crippen molar-refractivity contribution < 1.29 is 9.50 Å². The molecule has 0 saturated heterocycles. The molecule has 0 amide bonds. The minimum absolute atomic E-state index is 0.276. The average molecular weight is 395 g/mol. The van der Waals surface area contributed by atoms with E-state index in [1.54, 1.807) is 18.2 Å². The minimum Gasteiger partial charge on any atom is -0.386 e. The molecule has 0 unspecified atom stereocenters. The van der Waals surface area contributed by atoms with Crippen LogP contribution in [0.1, 0.15) is 51.3 Å². The minimum atomic E-state index is -0.804. The average Bonchev–Trinajstić information content (AvgIpc) is 3.07. The molecule has 4 rings (SSSR count). The Hall–Kier alpha value is -2.80. The third-order valence-electron chi connectivity index (χ3n) is 5.43. The van der Waals surface area contributed by atoms with Gasteiger partial charge < -0.3 is 15.4 Å². The van der Waals surface area contributed by atoms with Crippen LogP contribution in [0.5, 0.6) is 0 Å². The van der Waals surface area contributed by atoms with Crippen molar-refractivity contribution in [1.82, 2.24) is 19.5 Å². The molecule has 1 saturated carbocycles. The molecule has 0 bridgehead atoms. The van der Waals surface area contributed by atoms with Crippen LogP contribution in [0.15, 0.2) is 30.3 Å². The zero-order valence-corrected chi connectivity index (χ0v) is 16.6. The SMILES string of the molecule is CCCn1c(-c2cccc(F)c2)nc2c(N)nc(C=CC3(O)CCCCC3)nc21. The Morgan fingerprint density at radius 3 is 2.72 bits per heavy atom. The van der Waals surface area contributed by atoms with Gasteiger partial charge in [-0.3, -0.25) is 0 Å². The lowest BCUT2D eigenvalue weighted by Crippen LogP contribution is -2.28. The number of aliphatic hydroxyl groups is 1. The number of nitrogens with two attached hydrogens (primary N) is 1. The van der Waals surface area contributed by atoms with Crippen LogP contribution >= 0.6 is 0 Å². The van der Waals surface area contributed by atoms with Gasteiger partial charge >= 0.3 is 0 Å². The summed E-state index contributed by atoms with van der Waals surface area (Å²) in [5.74, 6) is 1.02. The number of aryl methyl sites for hydroxylation is 1. The Bertz CT molecular complexity index is 1050. The summed E-state index contributed by atoms with van der Waals surface area (Å²) in [6.07, 6.45) is 9.09. The summed E-state index contributed by atoms with van der Waals surface area (Å²) < 4.78 is 15.7. The van der Waals surface area contributed by atoms with Gasteiger partial charge in [-0.05, 0) is 43.5 Å². The van der Waals surface area contributed by atoms with Gasteiger partial charge in [0.25, 0.3) is 0 Å². The van der Waals surface area contributed by atoms with Crippen molar-refractivity contribution in [2.45, 2.75) is 57.6 Å². The van der Waals surface area contributed by atoms with Gasteiger partial charge in [-0.25, -0.2) is 19.3 Å². The Balaban J connectivity index is 1.79. The molecular weight excluding hydrogens is 369 g/mol. The highest BCUT2D eigenvalue weighted by Gasteiger charge is 2.26. The van der Waals surface area contributed by atoms with Crippen LogP contribution in [0.2, 0.25) is 0 Å². The predicted molar refractivity (Wildman–Crippen MR) is 112 cm³/mol. The van der Waals surface area contributed by atoms with Crippen LogP contribution in [-0.4, -0.2) is 30.2 Å². The van der Waals surface area contributed by atoms with Gasteiger partial charge in [-0.1, -0.05) is 38.3 Å². The molecule has 152 valence electrons. The quantitative estimate of drug-likeness (QED) is 0.671. The molecule has 1 fully saturated rings. The van der Waals surface area contributed by atoms with E-state index in [9.17, 15) is 9.50 Å². The van der Waals surface area contributed by atoms with E-state index >= 15 is 0 Å². The Morgan fingerprint density at radius 1 is 1.21 bits per heavy atom. The maximum absolute atomic E-state index is 13.8. The number of aromatic nitrogens is 4. The Morgan fingerprint density at radius 2 is 2.00 bits per heavy atom. The van der Waals surface area contributed by atoms with Crippen molar-refractivity contribution in [2.75, 3.05) is 5.73 Å². The fourth-order valence-corrected chi connectivity index (χ4v) is 3.96. The summed E-state index contributed by atoms with van der Waals surface area (Å²) in [5.41, 5.74) is 7.18. The molecule has 29 heavy (non-hydrogen) atoms. The Kier molecular flexibility index (Phi) is 5.32. The lowest BCUT2D eigenvalue weighted by atomic mass is 9.84. The smallest absolute Gasteiger partial charge is 0.166 e. The van der Waals surface area contributed by atoms with E-state index < -0.39 is 5.60 Å². The number of anilines is 1. The Labute approximate surface area is 169 Å². The van der Waals surface area contributed by atoms with Crippen molar-refractivity contribution in [1.29, 1.82) is 0 Å². The molecule has 3 aromatic rings. The van der Waals surface area contributed by atoms with Gasteiger partial charge in [0.1, 0.15) is 11.6 Å². The molecule has 0 radical (unpaired) electrons. The molecule has 1 aliphatic rings. The lowest BCUT2D eigenvalue weighted by molar-refractivity contribution is 0.0521. The van der Waals surface area contributed by atoms with Gasteiger partial charge in [0, 0.05) is 12.1 Å². The summed E-state index contributed by atoms with van der Waals surface area (Å²) in [6.45, 7) is 2.73. The first-order chi connectivity index (χ1) is 14.0. The molecule has 2 aromatic heterocycles. The number of imidazole rings is 1. The molecule has 0 atom stereocenters. The maximum Gasteiger partial charge on any atom is 0.166 e. The number of nitrogens with zero attached hydrogens (tertiary/aromatic N) is 4. The van der Waals surface area contributed by atoms with Crippen LogP contribution < -0.4 is 5.73 Å². The second-order valence-corrected chi connectivity index (χ2v) is 7.73. The number of halogens is 1. The number of hydrogen-bond acceptors (Lipinski definition) is 5. The van der Waals surface area contributed by atoms with E-state index in [2.05, 4.69) is 21.9 Å². The zero-order chi connectivity index (χ0) is 20.4. The highest BCUT2D eigenvalue weighted by Crippen LogP contribution is 2.30. The van der Waals surface area contributed by atoms with Gasteiger partial charge in [-0.15, -0.1) is 0 Å². The molecule has 1 aliphatic carbocycles. The van der Waals surface area contributed by atoms with Crippen LogP contribution in [0.25, 0.3) is 28.6 Å². The fraction of sp³-hybridized carbons (Fsp3) is 0.409. The topological polar surface area (TPSA) is 89.9 Å². The van der Waals surface area contributed by atoms with E-state index in [1.807, 2.05) is 10.6 Å². The van der Waals surface area contributed by atoms with E-state index in [-0.39, 0.29) is 11.6 Å². The second kappa shape index (κ2) is 7.91. The third-order valence-corrected chi connectivity index (χ3v) is 5.43. The number of rotatable bonds is 5. The highest BCUT2D eigenvalue weighted by atomic mass is 19.1. The lowest BCUT2D eigenvalue weighted by Gasteiger charge is -2.28. The van der Waals surface area contributed by atoms with Crippen LogP contribution in [0.4, 0.5) is 10.2 Å². The molecule has 0 spiro atoms. The second-order valence-electron chi connectivity index (χ2n) is 7.73. The van der Waals surface area contributed by atoms with Crippen LogP contribution in [0, 0.1) is 5.82 Å². The summed E-state index contributed by atoms with van der Waals surface area (Å²) in [6, 6.07) is 6.34. The van der Waals surface area contributed by atoms with Crippen molar-refractivity contribution in [3.8, 4) is 11.4 Å². The first kappa shape index (κ1) is 19.5. The van der Waals surface area contributed by atoms with Gasteiger partial charge in [0.2, 0.25) is 0 Å². The largest absolute Gasteiger partial charge is 0.386 e. The van der Waals surface area contributed by atoms with E-state index in [1.165, 1.54) is 12.1 Å². The maximum atomic E-state index is 13.8. The summed E-state index contributed by atoms with van der Waals surface area (Å²) in [7, 11) is 0.